The van der Waals surface area contributed by atoms with E-state index in [1.807, 2.05) is 6.08 Å². The smallest absolute Gasteiger partial charge is 0.200 e. The maximum atomic E-state index is 14.8. The zero-order chi connectivity index (χ0) is 22.1. The number of ether oxygens (including phenoxy) is 1. The van der Waals surface area contributed by atoms with Gasteiger partial charge in [-0.05, 0) is 73.8 Å². The van der Waals surface area contributed by atoms with Crippen molar-refractivity contribution in [1.82, 2.24) is 0 Å². The van der Waals surface area contributed by atoms with Gasteiger partial charge >= 0.3 is 0 Å². The molecule has 2 aliphatic carbocycles. The first-order chi connectivity index (χ1) is 15.1. The summed E-state index contributed by atoms with van der Waals surface area (Å²) in [6, 6.07) is 3.32. The minimum Gasteiger partial charge on any atom is -0.490 e. The van der Waals surface area contributed by atoms with Crippen LogP contribution in [0.15, 0.2) is 24.3 Å². The van der Waals surface area contributed by atoms with E-state index < -0.39 is 18.3 Å². The molecule has 0 N–H and O–H groups in total. The molecular weight excluding hydrogens is 397 g/mol. The van der Waals surface area contributed by atoms with E-state index in [0.29, 0.717) is 24.0 Å². The van der Waals surface area contributed by atoms with E-state index >= 15 is 0 Å². The zero-order valence-corrected chi connectivity index (χ0v) is 19.1. The maximum Gasteiger partial charge on any atom is 0.200 e. The van der Waals surface area contributed by atoms with E-state index in [1.165, 1.54) is 38.5 Å². The SMILES string of the molecule is CCCCCC1CCC(COc2ccc(C3CCC(C=CCF)CC3)c(F)c2F)CC1. The molecule has 0 atom stereocenters. The van der Waals surface area contributed by atoms with Gasteiger partial charge < -0.3 is 4.74 Å². The van der Waals surface area contributed by atoms with Crippen LogP contribution in [-0.4, -0.2) is 13.3 Å². The Kier molecular flexibility index (Phi) is 9.80. The van der Waals surface area contributed by atoms with Gasteiger partial charge in [0.15, 0.2) is 11.6 Å². The Bertz CT molecular complexity index is 686. The second-order valence-corrected chi connectivity index (χ2v) is 9.67. The molecule has 0 unspecified atom stereocenters. The van der Waals surface area contributed by atoms with Crippen molar-refractivity contribution in [2.24, 2.45) is 17.8 Å². The van der Waals surface area contributed by atoms with E-state index in [4.69, 9.17) is 4.74 Å². The first kappa shape index (κ1) is 24.2. The van der Waals surface area contributed by atoms with Crippen molar-refractivity contribution in [3.05, 3.63) is 41.5 Å². The molecular formula is C27H39F3O. The summed E-state index contributed by atoms with van der Waals surface area (Å²) in [6.07, 6.45) is 16.8. The zero-order valence-electron chi connectivity index (χ0n) is 19.1. The predicted molar refractivity (Wildman–Crippen MR) is 121 cm³/mol. The fourth-order valence-electron chi connectivity index (χ4n) is 5.42. The fourth-order valence-corrected chi connectivity index (χ4v) is 5.42. The van der Waals surface area contributed by atoms with Crippen molar-refractivity contribution < 1.29 is 17.9 Å². The van der Waals surface area contributed by atoms with Crippen molar-refractivity contribution in [2.75, 3.05) is 13.3 Å². The average Bonchev–Trinajstić information content (AvgIpc) is 2.80. The van der Waals surface area contributed by atoms with E-state index in [1.54, 1.807) is 18.2 Å². The molecule has 1 aromatic rings. The van der Waals surface area contributed by atoms with Crippen molar-refractivity contribution in [1.29, 1.82) is 0 Å². The second kappa shape index (κ2) is 12.6. The first-order valence-corrected chi connectivity index (χ1v) is 12.5. The molecule has 2 fully saturated rings. The quantitative estimate of drug-likeness (QED) is 0.264. The molecule has 31 heavy (non-hydrogen) atoms. The van der Waals surface area contributed by atoms with Crippen LogP contribution in [0.25, 0.3) is 0 Å². The molecule has 0 amide bonds. The summed E-state index contributed by atoms with van der Waals surface area (Å²) in [5.41, 5.74) is 0.463. The third-order valence-corrected chi connectivity index (χ3v) is 7.44. The number of rotatable bonds is 10. The molecule has 1 nitrogen and oxygen atoms in total. The number of hydrogen-bond acceptors (Lipinski definition) is 1. The summed E-state index contributed by atoms with van der Waals surface area (Å²) in [6.45, 7) is 2.27. The van der Waals surface area contributed by atoms with Gasteiger partial charge in [0.05, 0.1) is 6.61 Å². The van der Waals surface area contributed by atoms with Crippen LogP contribution in [0.5, 0.6) is 5.75 Å². The number of benzene rings is 1. The Hall–Kier alpha value is -1.45. The van der Waals surface area contributed by atoms with Gasteiger partial charge in [-0.2, -0.15) is 4.39 Å². The number of hydrogen-bond donors (Lipinski definition) is 0. The Morgan fingerprint density at radius 2 is 1.61 bits per heavy atom. The molecule has 3 rings (SSSR count). The van der Waals surface area contributed by atoms with Crippen molar-refractivity contribution in [2.45, 2.75) is 89.9 Å². The van der Waals surface area contributed by atoms with Crippen LogP contribution in [0.1, 0.15) is 95.5 Å². The number of alkyl halides is 1. The lowest BCUT2D eigenvalue weighted by Crippen LogP contribution is -2.20. The highest BCUT2D eigenvalue weighted by Gasteiger charge is 2.27. The van der Waals surface area contributed by atoms with E-state index in [9.17, 15) is 13.2 Å². The molecule has 0 bridgehead atoms. The van der Waals surface area contributed by atoms with E-state index in [2.05, 4.69) is 6.92 Å². The molecule has 0 aromatic heterocycles. The highest BCUT2D eigenvalue weighted by Crippen LogP contribution is 2.39. The van der Waals surface area contributed by atoms with Gasteiger partial charge in [-0.3, -0.25) is 0 Å². The van der Waals surface area contributed by atoms with Crippen LogP contribution >= 0.6 is 0 Å². The van der Waals surface area contributed by atoms with E-state index in [-0.39, 0.29) is 11.7 Å². The van der Waals surface area contributed by atoms with Crippen LogP contribution in [0.2, 0.25) is 0 Å². The fraction of sp³-hybridized carbons (Fsp3) is 0.704. The predicted octanol–water partition coefficient (Wildman–Crippen LogP) is 8.53. The van der Waals surface area contributed by atoms with Crippen LogP contribution in [0, 0.1) is 29.4 Å². The summed E-state index contributed by atoms with van der Waals surface area (Å²) in [4.78, 5) is 0. The summed E-state index contributed by atoms with van der Waals surface area (Å²) in [5, 5.41) is 0. The Labute approximate surface area is 186 Å². The second-order valence-electron chi connectivity index (χ2n) is 9.67. The maximum absolute atomic E-state index is 14.8. The first-order valence-electron chi connectivity index (χ1n) is 12.5. The number of allylic oxidation sites excluding steroid dienone is 2. The average molecular weight is 437 g/mol. The molecule has 0 heterocycles. The Morgan fingerprint density at radius 1 is 0.903 bits per heavy atom. The van der Waals surface area contributed by atoms with Gasteiger partial charge in [0, 0.05) is 0 Å². The van der Waals surface area contributed by atoms with Crippen molar-refractivity contribution in [3.63, 3.8) is 0 Å². The third kappa shape index (κ3) is 7.02. The summed E-state index contributed by atoms with van der Waals surface area (Å²) < 4.78 is 47.5. The van der Waals surface area contributed by atoms with Gasteiger partial charge in [0.1, 0.15) is 6.67 Å². The molecule has 0 radical (unpaired) electrons. The van der Waals surface area contributed by atoms with E-state index in [0.717, 1.165) is 44.4 Å². The lowest BCUT2D eigenvalue weighted by molar-refractivity contribution is 0.172. The lowest BCUT2D eigenvalue weighted by Gasteiger charge is -2.29. The summed E-state index contributed by atoms with van der Waals surface area (Å²) >= 11 is 0. The molecule has 0 spiro atoms. The van der Waals surface area contributed by atoms with Crippen LogP contribution < -0.4 is 4.74 Å². The molecule has 4 heteroatoms. The van der Waals surface area contributed by atoms with Gasteiger partial charge in [-0.25, -0.2) is 8.78 Å². The standard InChI is InChI=1S/C27H39F3O/c1-2-3-4-6-20-8-10-22(11-9-20)19-31-25-17-16-24(26(29)27(25)30)23-14-12-21(13-15-23)7-5-18-28/h5,7,16-17,20-23H,2-4,6,8-15,18-19H2,1H3. The highest BCUT2D eigenvalue weighted by molar-refractivity contribution is 5.33. The molecule has 174 valence electrons. The summed E-state index contributed by atoms with van der Waals surface area (Å²) in [7, 11) is 0. The molecule has 0 saturated heterocycles. The Morgan fingerprint density at radius 3 is 2.29 bits per heavy atom. The lowest BCUT2D eigenvalue weighted by atomic mass is 9.78. The Balaban J connectivity index is 1.47. The minimum absolute atomic E-state index is 0.0292. The molecule has 2 aliphatic rings. The van der Waals surface area contributed by atoms with Crippen LogP contribution in [0.4, 0.5) is 13.2 Å². The molecule has 2 saturated carbocycles. The normalized spacial score (nSPS) is 27.0. The van der Waals surface area contributed by atoms with Gasteiger partial charge in [0.2, 0.25) is 5.82 Å². The minimum atomic E-state index is -0.842. The molecule has 1 aromatic carbocycles. The molecule has 0 aliphatic heterocycles. The number of halogens is 3. The van der Waals surface area contributed by atoms with Gasteiger partial charge in [-0.1, -0.05) is 63.7 Å². The van der Waals surface area contributed by atoms with Crippen LogP contribution in [0.3, 0.4) is 0 Å². The van der Waals surface area contributed by atoms with Gasteiger partial charge in [0.25, 0.3) is 0 Å². The monoisotopic (exact) mass is 436 g/mol. The van der Waals surface area contributed by atoms with Crippen molar-refractivity contribution in [3.8, 4) is 5.75 Å². The largest absolute Gasteiger partial charge is 0.490 e. The topological polar surface area (TPSA) is 9.23 Å². The van der Waals surface area contributed by atoms with Crippen molar-refractivity contribution >= 4 is 0 Å². The van der Waals surface area contributed by atoms with Gasteiger partial charge in [-0.15, -0.1) is 0 Å². The van der Waals surface area contributed by atoms with Crippen LogP contribution in [-0.2, 0) is 0 Å². The number of unbranched alkanes of at least 4 members (excludes halogenated alkanes) is 2. The summed E-state index contributed by atoms with van der Waals surface area (Å²) in [5.74, 6) is 0.109. The highest BCUT2D eigenvalue weighted by atomic mass is 19.2. The third-order valence-electron chi connectivity index (χ3n) is 7.44.